The van der Waals surface area contributed by atoms with E-state index in [1.54, 1.807) is 22.6 Å². The number of rotatable bonds is 3. The molecule has 0 bridgehead atoms. The number of hydrogen-bond acceptors (Lipinski definition) is 3. The topological polar surface area (TPSA) is 34.9 Å². The molecule has 88 valence electrons. The lowest BCUT2D eigenvalue weighted by Crippen LogP contribution is -2.31. The highest BCUT2D eigenvalue weighted by Crippen LogP contribution is 2.41. The van der Waals surface area contributed by atoms with Gasteiger partial charge in [0, 0.05) is 6.54 Å². The monoisotopic (exact) mass is 258 g/mol. The van der Waals surface area contributed by atoms with Gasteiger partial charge in [-0.3, -0.25) is 9.48 Å². The molecule has 0 aromatic carbocycles. The van der Waals surface area contributed by atoms with Crippen LogP contribution in [0.4, 0.5) is 0 Å². The number of Topliss-reactive ketones (excluding diaryl/α,β-unsaturated/α-hetero) is 1. The molecule has 1 unspecified atom stereocenters. The van der Waals surface area contributed by atoms with Crippen molar-refractivity contribution in [3.05, 3.63) is 16.9 Å². The fourth-order valence-corrected chi connectivity index (χ4v) is 3.52. The standard InChI is InChI=1S/C11H15ClN2OS/c1-3-14-9(8(12)7-13-14)10(15)11(2)5-4-6-16-11/h7H,3-6H2,1-2H3. The highest BCUT2D eigenvalue weighted by molar-refractivity contribution is 8.01. The fraction of sp³-hybridized carbons (Fsp3) is 0.636. The number of ketones is 1. The summed E-state index contributed by atoms with van der Waals surface area (Å²) in [7, 11) is 0. The van der Waals surface area contributed by atoms with E-state index in [0.717, 1.165) is 18.6 Å². The van der Waals surface area contributed by atoms with Crippen molar-refractivity contribution in [3.63, 3.8) is 0 Å². The maximum Gasteiger partial charge on any atom is 0.198 e. The van der Waals surface area contributed by atoms with Crippen molar-refractivity contribution in [2.45, 2.75) is 38.0 Å². The molecule has 5 heteroatoms. The van der Waals surface area contributed by atoms with Crippen LogP contribution in [0.2, 0.25) is 5.02 Å². The first-order valence-electron chi connectivity index (χ1n) is 5.48. The van der Waals surface area contributed by atoms with Crippen molar-refractivity contribution in [1.29, 1.82) is 0 Å². The number of nitrogens with zero attached hydrogens (tertiary/aromatic N) is 2. The number of aromatic nitrogens is 2. The van der Waals surface area contributed by atoms with Crippen LogP contribution in [0, 0.1) is 0 Å². The third kappa shape index (κ3) is 1.89. The van der Waals surface area contributed by atoms with Gasteiger partial charge in [-0.2, -0.15) is 5.10 Å². The summed E-state index contributed by atoms with van der Waals surface area (Å²) in [5, 5.41) is 4.59. The first kappa shape index (κ1) is 12.0. The molecule has 0 spiro atoms. The molecule has 1 saturated heterocycles. The molecule has 3 nitrogen and oxygen atoms in total. The van der Waals surface area contributed by atoms with Gasteiger partial charge in [0.2, 0.25) is 0 Å². The summed E-state index contributed by atoms with van der Waals surface area (Å²) in [6, 6.07) is 0. The van der Waals surface area contributed by atoms with Crippen LogP contribution in [0.15, 0.2) is 6.20 Å². The lowest BCUT2D eigenvalue weighted by atomic mass is 9.98. The van der Waals surface area contributed by atoms with E-state index in [1.165, 1.54) is 0 Å². The molecule has 2 rings (SSSR count). The second-order valence-electron chi connectivity index (χ2n) is 4.17. The summed E-state index contributed by atoms with van der Waals surface area (Å²) in [5.41, 5.74) is 0.570. The zero-order valence-corrected chi connectivity index (χ0v) is 11.1. The highest BCUT2D eigenvalue weighted by Gasteiger charge is 2.40. The van der Waals surface area contributed by atoms with E-state index in [0.29, 0.717) is 17.3 Å². The summed E-state index contributed by atoms with van der Waals surface area (Å²) in [6.45, 7) is 4.65. The molecule has 1 aromatic heterocycles. The van der Waals surface area contributed by atoms with Gasteiger partial charge in [0.1, 0.15) is 5.69 Å². The van der Waals surface area contributed by atoms with E-state index in [1.807, 2.05) is 13.8 Å². The van der Waals surface area contributed by atoms with Gasteiger partial charge in [0.25, 0.3) is 0 Å². The molecule has 16 heavy (non-hydrogen) atoms. The predicted octanol–water partition coefficient (Wildman–Crippen LogP) is 3.02. The second-order valence-corrected chi connectivity index (χ2v) is 6.17. The molecule has 0 amide bonds. The minimum Gasteiger partial charge on any atom is -0.291 e. The van der Waals surface area contributed by atoms with Gasteiger partial charge < -0.3 is 0 Å². The fourth-order valence-electron chi connectivity index (χ4n) is 2.04. The van der Waals surface area contributed by atoms with Gasteiger partial charge in [-0.05, 0) is 32.4 Å². The molecule has 2 heterocycles. The van der Waals surface area contributed by atoms with E-state index < -0.39 is 0 Å². The highest BCUT2D eigenvalue weighted by atomic mass is 35.5. The van der Waals surface area contributed by atoms with Crippen LogP contribution in [-0.2, 0) is 6.54 Å². The maximum absolute atomic E-state index is 12.5. The van der Waals surface area contributed by atoms with Gasteiger partial charge in [0.05, 0.1) is 16.0 Å². The summed E-state index contributed by atoms with van der Waals surface area (Å²) >= 11 is 7.78. The molecule has 1 atom stereocenters. The zero-order chi connectivity index (χ0) is 11.8. The molecule has 0 radical (unpaired) electrons. The Labute approximate surface area is 105 Å². The van der Waals surface area contributed by atoms with Gasteiger partial charge in [-0.25, -0.2) is 0 Å². The van der Waals surface area contributed by atoms with Gasteiger partial charge in [-0.15, -0.1) is 11.8 Å². The number of thioether (sulfide) groups is 1. The molecule has 1 aliphatic rings. The summed E-state index contributed by atoms with van der Waals surface area (Å²) in [4.78, 5) is 12.5. The largest absolute Gasteiger partial charge is 0.291 e. The molecule has 1 aliphatic heterocycles. The summed E-state index contributed by atoms with van der Waals surface area (Å²) in [5.74, 6) is 1.18. The smallest absolute Gasteiger partial charge is 0.198 e. The van der Waals surface area contributed by atoms with E-state index in [-0.39, 0.29) is 10.5 Å². The van der Waals surface area contributed by atoms with Crippen LogP contribution < -0.4 is 0 Å². The van der Waals surface area contributed by atoms with E-state index in [2.05, 4.69) is 5.10 Å². The van der Waals surface area contributed by atoms with Gasteiger partial charge in [0.15, 0.2) is 5.78 Å². The average molecular weight is 259 g/mol. The zero-order valence-electron chi connectivity index (χ0n) is 9.49. The molecule has 0 saturated carbocycles. The van der Waals surface area contributed by atoms with Crippen molar-refractivity contribution in [1.82, 2.24) is 9.78 Å². The van der Waals surface area contributed by atoms with Gasteiger partial charge >= 0.3 is 0 Å². The number of aryl methyl sites for hydroxylation is 1. The number of halogens is 1. The van der Waals surface area contributed by atoms with Crippen molar-refractivity contribution in [2.75, 3.05) is 5.75 Å². The Morgan fingerprint density at radius 3 is 3.06 bits per heavy atom. The van der Waals surface area contributed by atoms with Gasteiger partial charge in [-0.1, -0.05) is 11.6 Å². The Balaban J connectivity index is 2.36. The maximum atomic E-state index is 12.5. The van der Waals surface area contributed by atoms with Crippen molar-refractivity contribution in [2.24, 2.45) is 0 Å². The van der Waals surface area contributed by atoms with Crippen molar-refractivity contribution >= 4 is 29.1 Å². The number of carbonyl (C=O) groups is 1. The molecular weight excluding hydrogens is 244 g/mol. The van der Waals surface area contributed by atoms with E-state index in [9.17, 15) is 4.79 Å². The Hall–Kier alpha value is -0.480. The van der Waals surface area contributed by atoms with E-state index in [4.69, 9.17) is 11.6 Å². The molecule has 0 aliphatic carbocycles. The molecular formula is C11H15ClN2OS. The summed E-state index contributed by atoms with van der Waals surface area (Å²) < 4.78 is 1.38. The SMILES string of the molecule is CCn1ncc(Cl)c1C(=O)C1(C)CCCS1. The van der Waals surface area contributed by atoms with Crippen molar-refractivity contribution < 1.29 is 4.79 Å². The third-order valence-corrected chi connectivity index (χ3v) is 4.80. The lowest BCUT2D eigenvalue weighted by molar-refractivity contribution is 0.0938. The average Bonchev–Trinajstić information content (AvgIpc) is 2.85. The normalized spacial score (nSPS) is 24.9. The molecule has 1 aromatic rings. The lowest BCUT2D eigenvalue weighted by Gasteiger charge is -2.21. The summed E-state index contributed by atoms with van der Waals surface area (Å²) in [6.07, 6.45) is 3.59. The van der Waals surface area contributed by atoms with Crippen LogP contribution >= 0.6 is 23.4 Å². The Bertz CT molecular complexity index is 410. The minimum atomic E-state index is -0.309. The Morgan fingerprint density at radius 2 is 2.50 bits per heavy atom. The van der Waals surface area contributed by atoms with Crippen LogP contribution in [-0.4, -0.2) is 26.1 Å². The Morgan fingerprint density at radius 1 is 1.75 bits per heavy atom. The first-order valence-corrected chi connectivity index (χ1v) is 6.85. The van der Waals surface area contributed by atoms with Crippen LogP contribution in [0.5, 0.6) is 0 Å². The molecule has 0 N–H and O–H groups in total. The van der Waals surface area contributed by atoms with Crippen LogP contribution in [0.25, 0.3) is 0 Å². The number of carbonyl (C=O) groups excluding carboxylic acids is 1. The second kappa shape index (κ2) is 4.41. The predicted molar refractivity (Wildman–Crippen MR) is 67.3 cm³/mol. The van der Waals surface area contributed by atoms with Crippen LogP contribution in [0.3, 0.4) is 0 Å². The minimum absolute atomic E-state index is 0.124. The van der Waals surface area contributed by atoms with E-state index >= 15 is 0 Å². The Kier molecular flexibility index (Phi) is 3.31. The molecule has 1 fully saturated rings. The van der Waals surface area contributed by atoms with Crippen LogP contribution in [0.1, 0.15) is 37.2 Å². The first-order chi connectivity index (χ1) is 7.58. The van der Waals surface area contributed by atoms with Crippen molar-refractivity contribution in [3.8, 4) is 0 Å². The number of hydrogen-bond donors (Lipinski definition) is 0. The quantitative estimate of drug-likeness (QED) is 0.782. The third-order valence-electron chi connectivity index (χ3n) is 3.01.